The summed E-state index contributed by atoms with van der Waals surface area (Å²) in [7, 11) is -3.69. The average Bonchev–Trinajstić information content (AvgIpc) is 2.72. The standard InChI is InChI=1S/C21H26N2O5S/c1-17-4-10-21(11-5-17)29(26,27)28-16-2-3-18-12-14-22(15-13-18)19-6-8-20(9-7-19)23(24)25/h4-11,18H,2-3,12-16H2,1H3. The van der Waals surface area contributed by atoms with Gasteiger partial charge in [-0.2, -0.15) is 8.42 Å². The van der Waals surface area contributed by atoms with Gasteiger partial charge in [-0.1, -0.05) is 17.7 Å². The second-order valence-electron chi connectivity index (χ2n) is 7.44. The molecule has 0 aliphatic carbocycles. The molecule has 8 heteroatoms. The Labute approximate surface area is 171 Å². The summed E-state index contributed by atoms with van der Waals surface area (Å²) >= 11 is 0. The lowest BCUT2D eigenvalue weighted by atomic mass is 9.92. The van der Waals surface area contributed by atoms with E-state index in [9.17, 15) is 18.5 Å². The van der Waals surface area contributed by atoms with E-state index in [1.165, 1.54) is 12.1 Å². The quantitative estimate of drug-likeness (QED) is 0.275. The van der Waals surface area contributed by atoms with Gasteiger partial charge >= 0.3 is 0 Å². The van der Waals surface area contributed by atoms with E-state index >= 15 is 0 Å². The maximum atomic E-state index is 12.2. The number of hydrogen-bond acceptors (Lipinski definition) is 6. The van der Waals surface area contributed by atoms with Crippen molar-refractivity contribution in [3.8, 4) is 0 Å². The summed E-state index contributed by atoms with van der Waals surface area (Å²) in [6.07, 6.45) is 3.66. The van der Waals surface area contributed by atoms with E-state index in [1.54, 1.807) is 36.4 Å². The van der Waals surface area contributed by atoms with Crippen LogP contribution in [-0.4, -0.2) is 33.0 Å². The van der Waals surface area contributed by atoms with E-state index in [0.29, 0.717) is 12.3 Å². The van der Waals surface area contributed by atoms with Crippen LogP contribution in [0.2, 0.25) is 0 Å². The van der Waals surface area contributed by atoms with Crippen LogP contribution in [0.15, 0.2) is 53.4 Å². The Hall–Kier alpha value is -2.45. The van der Waals surface area contributed by atoms with Crippen molar-refractivity contribution in [2.24, 2.45) is 5.92 Å². The van der Waals surface area contributed by atoms with Crippen LogP contribution in [0.4, 0.5) is 11.4 Å². The maximum absolute atomic E-state index is 12.2. The van der Waals surface area contributed by atoms with Gasteiger partial charge in [0.1, 0.15) is 0 Å². The van der Waals surface area contributed by atoms with Gasteiger partial charge in [0.2, 0.25) is 0 Å². The molecular formula is C21H26N2O5S. The molecular weight excluding hydrogens is 392 g/mol. The number of non-ortho nitro benzene ring substituents is 1. The summed E-state index contributed by atoms with van der Waals surface area (Å²) < 4.78 is 29.6. The number of nitro benzene ring substituents is 1. The Morgan fingerprint density at radius 3 is 2.28 bits per heavy atom. The van der Waals surface area contributed by atoms with Crippen molar-refractivity contribution in [1.29, 1.82) is 0 Å². The molecule has 3 rings (SSSR count). The fraction of sp³-hybridized carbons (Fsp3) is 0.429. The number of aryl methyl sites for hydroxylation is 1. The molecule has 0 unspecified atom stereocenters. The fourth-order valence-corrected chi connectivity index (χ4v) is 4.52. The predicted molar refractivity (Wildman–Crippen MR) is 112 cm³/mol. The van der Waals surface area contributed by atoms with Crippen molar-refractivity contribution >= 4 is 21.5 Å². The highest BCUT2D eigenvalue weighted by atomic mass is 32.2. The van der Waals surface area contributed by atoms with Crippen molar-refractivity contribution in [1.82, 2.24) is 0 Å². The van der Waals surface area contributed by atoms with Crippen molar-refractivity contribution in [2.75, 3.05) is 24.6 Å². The van der Waals surface area contributed by atoms with Gasteiger partial charge in [-0.3, -0.25) is 14.3 Å². The van der Waals surface area contributed by atoms with Gasteiger partial charge in [0, 0.05) is 30.9 Å². The predicted octanol–water partition coefficient (Wildman–Crippen LogP) is 4.31. The highest BCUT2D eigenvalue weighted by Gasteiger charge is 2.20. The van der Waals surface area contributed by atoms with Crippen LogP contribution in [0.3, 0.4) is 0 Å². The van der Waals surface area contributed by atoms with E-state index in [4.69, 9.17) is 4.18 Å². The van der Waals surface area contributed by atoms with Crippen LogP contribution in [-0.2, 0) is 14.3 Å². The highest BCUT2D eigenvalue weighted by Crippen LogP contribution is 2.27. The fourth-order valence-electron chi connectivity index (χ4n) is 3.58. The minimum absolute atomic E-state index is 0.101. The summed E-state index contributed by atoms with van der Waals surface area (Å²) in [6.45, 7) is 3.89. The lowest BCUT2D eigenvalue weighted by Crippen LogP contribution is -2.33. The Bertz CT molecular complexity index is 919. The smallest absolute Gasteiger partial charge is 0.296 e. The molecule has 0 spiro atoms. The molecule has 0 bridgehead atoms. The maximum Gasteiger partial charge on any atom is 0.296 e. The first-order chi connectivity index (χ1) is 13.8. The summed E-state index contributed by atoms with van der Waals surface area (Å²) in [5, 5.41) is 10.8. The normalized spacial score (nSPS) is 15.4. The Balaban J connectivity index is 1.40. The summed E-state index contributed by atoms with van der Waals surface area (Å²) in [6, 6.07) is 13.3. The van der Waals surface area contributed by atoms with E-state index < -0.39 is 15.0 Å². The van der Waals surface area contributed by atoms with Gasteiger partial charge in [0.15, 0.2) is 0 Å². The van der Waals surface area contributed by atoms with Crippen LogP contribution >= 0.6 is 0 Å². The molecule has 0 saturated carbocycles. The molecule has 1 fully saturated rings. The molecule has 156 valence electrons. The van der Waals surface area contributed by atoms with Crippen LogP contribution in [0, 0.1) is 23.0 Å². The molecule has 0 N–H and O–H groups in total. The largest absolute Gasteiger partial charge is 0.372 e. The van der Waals surface area contributed by atoms with Crippen molar-refractivity contribution in [3.05, 3.63) is 64.2 Å². The first-order valence-electron chi connectivity index (χ1n) is 9.81. The lowest BCUT2D eigenvalue weighted by Gasteiger charge is -2.33. The first kappa shape index (κ1) is 21.3. The summed E-state index contributed by atoms with van der Waals surface area (Å²) in [5.41, 5.74) is 2.11. The molecule has 29 heavy (non-hydrogen) atoms. The zero-order valence-electron chi connectivity index (χ0n) is 16.5. The number of benzene rings is 2. The van der Waals surface area contributed by atoms with Crippen LogP contribution in [0.1, 0.15) is 31.2 Å². The first-order valence-corrected chi connectivity index (χ1v) is 11.2. The molecule has 0 atom stereocenters. The summed E-state index contributed by atoms with van der Waals surface area (Å²) in [4.78, 5) is 12.8. The average molecular weight is 419 g/mol. The van der Waals surface area contributed by atoms with Gasteiger partial charge < -0.3 is 4.90 Å². The Morgan fingerprint density at radius 2 is 1.69 bits per heavy atom. The van der Waals surface area contributed by atoms with Gasteiger partial charge in [0.25, 0.3) is 15.8 Å². The molecule has 2 aromatic rings. The minimum Gasteiger partial charge on any atom is -0.372 e. The zero-order chi connectivity index (χ0) is 20.9. The van der Waals surface area contributed by atoms with E-state index in [2.05, 4.69) is 4.90 Å². The number of nitro groups is 1. The molecule has 1 heterocycles. The van der Waals surface area contributed by atoms with E-state index in [1.807, 2.05) is 6.92 Å². The Morgan fingerprint density at radius 1 is 1.07 bits per heavy atom. The van der Waals surface area contributed by atoms with Crippen molar-refractivity contribution < 1.29 is 17.5 Å². The SMILES string of the molecule is Cc1ccc(S(=O)(=O)OCCCC2CCN(c3ccc([N+](=O)[O-])cc3)CC2)cc1. The molecule has 1 aliphatic rings. The number of nitrogens with zero attached hydrogens (tertiary/aromatic N) is 2. The highest BCUT2D eigenvalue weighted by molar-refractivity contribution is 7.86. The molecule has 0 amide bonds. The molecule has 1 saturated heterocycles. The van der Waals surface area contributed by atoms with Crippen LogP contribution in [0.5, 0.6) is 0 Å². The van der Waals surface area contributed by atoms with Gasteiger partial charge in [-0.25, -0.2) is 0 Å². The van der Waals surface area contributed by atoms with Crippen LogP contribution in [0.25, 0.3) is 0 Å². The molecule has 7 nitrogen and oxygen atoms in total. The van der Waals surface area contributed by atoms with E-state index in [-0.39, 0.29) is 17.2 Å². The zero-order valence-corrected chi connectivity index (χ0v) is 17.3. The third-order valence-corrected chi connectivity index (χ3v) is 6.67. The molecule has 2 aromatic carbocycles. The number of rotatable bonds is 8. The van der Waals surface area contributed by atoms with Crippen molar-refractivity contribution in [2.45, 2.75) is 37.5 Å². The number of anilines is 1. The van der Waals surface area contributed by atoms with Gasteiger partial charge in [-0.15, -0.1) is 0 Å². The monoisotopic (exact) mass is 418 g/mol. The summed E-state index contributed by atoms with van der Waals surface area (Å²) in [5.74, 6) is 0.537. The third-order valence-electron chi connectivity index (χ3n) is 5.35. The Kier molecular flexibility index (Phi) is 6.87. The van der Waals surface area contributed by atoms with Crippen molar-refractivity contribution in [3.63, 3.8) is 0 Å². The topological polar surface area (TPSA) is 89.8 Å². The second kappa shape index (κ2) is 9.37. The number of hydrogen-bond donors (Lipinski definition) is 0. The minimum atomic E-state index is -3.69. The lowest BCUT2D eigenvalue weighted by molar-refractivity contribution is -0.384. The van der Waals surface area contributed by atoms with Crippen LogP contribution < -0.4 is 4.90 Å². The third kappa shape index (κ3) is 5.77. The second-order valence-corrected chi connectivity index (χ2v) is 9.05. The molecule has 1 aliphatic heterocycles. The molecule has 0 aromatic heterocycles. The van der Waals surface area contributed by atoms with E-state index in [0.717, 1.165) is 43.6 Å². The van der Waals surface area contributed by atoms with Gasteiger partial charge in [0.05, 0.1) is 16.4 Å². The van der Waals surface area contributed by atoms with Gasteiger partial charge in [-0.05, 0) is 62.8 Å². The molecule has 0 radical (unpaired) electrons. The number of piperidine rings is 1.